The predicted octanol–water partition coefficient (Wildman–Crippen LogP) is 1.98. The van der Waals surface area contributed by atoms with E-state index in [2.05, 4.69) is 15.6 Å². The summed E-state index contributed by atoms with van der Waals surface area (Å²) in [6, 6.07) is 4.38. The number of rotatable bonds is 3. The molecule has 1 aromatic rings. The SMILES string of the molecule is Cc1cc(CNC(=O)N(C)C2CCCNCC2)cc(C)n1. The van der Waals surface area contributed by atoms with Gasteiger partial charge in [0.05, 0.1) is 0 Å². The Labute approximate surface area is 127 Å². The lowest BCUT2D eigenvalue weighted by molar-refractivity contribution is 0.184. The molecule has 1 atom stereocenters. The van der Waals surface area contributed by atoms with Crippen LogP contribution in [0.4, 0.5) is 4.79 Å². The lowest BCUT2D eigenvalue weighted by atomic mass is 10.1. The van der Waals surface area contributed by atoms with Gasteiger partial charge >= 0.3 is 6.03 Å². The van der Waals surface area contributed by atoms with Gasteiger partial charge in [0.1, 0.15) is 0 Å². The van der Waals surface area contributed by atoms with E-state index in [1.807, 2.05) is 37.9 Å². The average molecular weight is 290 g/mol. The summed E-state index contributed by atoms with van der Waals surface area (Å²) in [5, 5.41) is 6.39. The van der Waals surface area contributed by atoms with Gasteiger partial charge in [0.2, 0.25) is 0 Å². The number of urea groups is 1. The molecule has 1 unspecified atom stereocenters. The van der Waals surface area contributed by atoms with Gasteiger partial charge in [-0.1, -0.05) is 0 Å². The number of pyridine rings is 1. The normalized spacial score (nSPS) is 18.9. The Morgan fingerprint density at radius 3 is 2.76 bits per heavy atom. The zero-order valence-corrected chi connectivity index (χ0v) is 13.3. The molecule has 0 aromatic carbocycles. The highest BCUT2D eigenvalue weighted by Crippen LogP contribution is 2.12. The monoisotopic (exact) mass is 290 g/mol. The van der Waals surface area contributed by atoms with Crippen molar-refractivity contribution in [1.82, 2.24) is 20.5 Å². The van der Waals surface area contributed by atoms with Crippen molar-refractivity contribution in [1.29, 1.82) is 0 Å². The predicted molar refractivity (Wildman–Crippen MR) is 84.2 cm³/mol. The summed E-state index contributed by atoms with van der Waals surface area (Å²) in [7, 11) is 1.90. The minimum atomic E-state index is 0.00835. The third kappa shape index (κ3) is 4.70. The van der Waals surface area contributed by atoms with Gasteiger partial charge < -0.3 is 15.5 Å². The third-order valence-electron chi connectivity index (χ3n) is 4.00. The van der Waals surface area contributed by atoms with Crippen LogP contribution in [0.3, 0.4) is 0 Å². The van der Waals surface area contributed by atoms with Crippen molar-refractivity contribution in [2.45, 2.75) is 45.7 Å². The number of hydrogen-bond acceptors (Lipinski definition) is 3. The number of carbonyl (C=O) groups is 1. The molecular weight excluding hydrogens is 264 g/mol. The molecule has 2 rings (SSSR count). The van der Waals surface area contributed by atoms with Crippen molar-refractivity contribution in [3.63, 3.8) is 0 Å². The number of amides is 2. The summed E-state index contributed by atoms with van der Waals surface area (Å²) in [4.78, 5) is 18.5. The van der Waals surface area contributed by atoms with Crippen LogP contribution in [-0.2, 0) is 6.54 Å². The highest BCUT2D eigenvalue weighted by molar-refractivity contribution is 5.74. The molecule has 5 heteroatoms. The minimum Gasteiger partial charge on any atom is -0.334 e. The molecule has 2 N–H and O–H groups in total. The van der Waals surface area contributed by atoms with Crippen LogP contribution in [0.15, 0.2) is 12.1 Å². The van der Waals surface area contributed by atoms with Crippen molar-refractivity contribution < 1.29 is 4.79 Å². The van der Waals surface area contributed by atoms with Crippen LogP contribution in [0.25, 0.3) is 0 Å². The second kappa shape index (κ2) is 7.41. The first-order valence-corrected chi connectivity index (χ1v) is 7.72. The molecule has 0 saturated carbocycles. The first-order valence-electron chi connectivity index (χ1n) is 7.72. The lowest BCUT2D eigenvalue weighted by Gasteiger charge is -2.27. The molecule has 2 amide bonds. The van der Waals surface area contributed by atoms with Gasteiger partial charge in [-0.15, -0.1) is 0 Å². The summed E-state index contributed by atoms with van der Waals surface area (Å²) in [6.07, 6.45) is 3.23. The Morgan fingerprint density at radius 1 is 1.33 bits per heavy atom. The second-order valence-corrected chi connectivity index (χ2v) is 5.86. The van der Waals surface area contributed by atoms with Crippen LogP contribution in [0.1, 0.15) is 36.2 Å². The fraction of sp³-hybridized carbons (Fsp3) is 0.625. The van der Waals surface area contributed by atoms with E-state index >= 15 is 0 Å². The second-order valence-electron chi connectivity index (χ2n) is 5.86. The molecule has 0 radical (unpaired) electrons. The molecule has 0 aliphatic carbocycles. The maximum absolute atomic E-state index is 12.3. The van der Waals surface area contributed by atoms with E-state index in [0.717, 1.165) is 49.3 Å². The highest BCUT2D eigenvalue weighted by atomic mass is 16.2. The van der Waals surface area contributed by atoms with Crippen molar-refractivity contribution in [3.8, 4) is 0 Å². The van der Waals surface area contributed by atoms with E-state index in [9.17, 15) is 4.79 Å². The van der Waals surface area contributed by atoms with E-state index < -0.39 is 0 Å². The number of aromatic nitrogens is 1. The maximum atomic E-state index is 12.3. The van der Waals surface area contributed by atoms with Crippen molar-refractivity contribution >= 4 is 6.03 Å². The summed E-state index contributed by atoms with van der Waals surface area (Å²) in [5.74, 6) is 0. The van der Waals surface area contributed by atoms with Crippen LogP contribution in [0.2, 0.25) is 0 Å². The van der Waals surface area contributed by atoms with Gasteiger partial charge in [0.25, 0.3) is 0 Å². The van der Waals surface area contributed by atoms with Crippen LogP contribution in [-0.4, -0.2) is 42.1 Å². The highest BCUT2D eigenvalue weighted by Gasteiger charge is 2.20. The van der Waals surface area contributed by atoms with Crippen molar-refractivity contribution in [3.05, 3.63) is 29.1 Å². The van der Waals surface area contributed by atoms with Crippen LogP contribution < -0.4 is 10.6 Å². The average Bonchev–Trinajstić information content (AvgIpc) is 2.72. The molecule has 2 heterocycles. The van der Waals surface area contributed by atoms with Crippen molar-refractivity contribution in [2.75, 3.05) is 20.1 Å². The van der Waals surface area contributed by atoms with E-state index in [4.69, 9.17) is 0 Å². The summed E-state index contributed by atoms with van der Waals surface area (Å²) >= 11 is 0. The molecule has 116 valence electrons. The maximum Gasteiger partial charge on any atom is 0.317 e. The minimum absolute atomic E-state index is 0.00835. The van der Waals surface area contributed by atoms with Gasteiger partial charge in [-0.25, -0.2) is 4.79 Å². The number of aryl methyl sites for hydroxylation is 2. The van der Waals surface area contributed by atoms with Gasteiger partial charge in [-0.3, -0.25) is 4.98 Å². The smallest absolute Gasteiger partial charge is 0.317 e. The third-order valence-corrected chi connectivity index (χ3v) is 4.00. The van der Waals surface area contributed by atoms with E-state index in [0.29, 0.717) is 12.6 Å². The Balaban J connectivity index is 1.88. The van der Waals surface area contributed by atoms with Crippen molar-refractivity contribution in [2.24, 2.45) is 0 Å². The number of carbonyl (C=O) groups excluding carboxylic acids is 1. The van der Waals surface area contributed by atoms with E-state index in [1.54, 1.807) is 0 Å². The van der Waals surface area contributed by atoms with E-state index in [-0.39, 0.29) is 6.03 Å². The molecule has 0 bridgehead atoms. The fourth-order valence-corrected chi connectivity index (χ4v) is 2.88. The largest absolute Gasteiger partial charge is 0.334 e. The molecule has 21 heavy (non-hydrogen) atoms. The number of hydrogen-bond donors (Lipinski definition) is 2. The summed E-state index contributed by atoms with van der Waals surface area (Å²) in [6.45, 7) is 6.55. The molecule has 1 aliphatic heterocycles. The first kappa shape index (κ1) is 15.8. The van der Waals surface area contributed by atoms with Gasteiger partial charge in [-0.2, -0.15) is 0 Å². The Kier molecular flexibility index (Phi) is 5.56. The molecule has 1 saturated heterocycles. The molecule has 1 aromatic heterocycles. The van der Waals surface area contributed by atoms with Crippen LogP contribution >= 0.6 is 0 Å². The Bertz CT molecular complexity index is 461. The van der Waals surface area contributed by atoms with Gasteiger partial charge in [0, 0.05) is 31.0 Å². The Morgan fingerprint density at radius 2 is 2.05 bits per heavy atom. The number of nitrogens with zero attached hydrogens (tertiary/aromatic N) is 2. The lowest BCUT2D eigenvalue weighted by Crippen LogP contribution is -2.43. The molecule has 0 spiro atoms. The van der Waals surface area contributed by atoms with Crippen LogP contribution in [0, 0.1) is 13.8 Å². The van der Waals surface area contributed by atoms with Gasteiger partial charge in [0.15, 0.2) is 0 Å². The summed E-state index contributed by atoms with van der Waals surface area (Å²) in [5.41, 5.74) is 3.08. The molecule has 1 aliphatic rings. The van der Waals surface area contributed by atoms with Gasteiger partial charge in [-0.05, 0) is 63.9 Å². The zero-order valence-electron chi connectivity index (χ0n) is 13.3. The quantitative estimate of drug-likeness (QED) is 0.895. The fourth-order valence-electron chi connectivity index (χ4n) is 2.88. The Hall–Kier alpha value is -1.62. The number of nitrogens with one attached hydrogen (secondary N) is 2. The molecular formula is C16H26N4O. The standard InChI is InChI=1S/C16H26N4O/c1-12-9-14(10-13(2)19-12)11-18-16(21)20(3)15-5-4-7-17-8-6-15/h9-10,15,17H,4-8,11H2,1-3H3,(H,18,21). The van der Waals surface area contributed by atoms with E-state index in [1.165, 1.54) is 0 Å². The zero-order chi connectivity index (χ0) is 15.2. The molecule has 1 fully saturated rings. The van der Waals surface area contributed by atoms with Crippen LogP contribution in [0.5, 0.6) is 0 Å². The molecule has 5 nitrogen and oxygen atoms in total. The summed E-state index contributed by atoms with van der Waals surface area (Å²) < 4.78 is 0. The topological polar surface area (TPSA) is 57.3 Å². The first-order chi connectivity index (χ1) is 10.1.